The molecule has 1 fully saturated rings. The molecule has 1 aromatic heterocycles. The number of hydrogen-bond acceptors (Lipinski definition) is 4. The van der Waals surface area contributed by atoms with E-state index in [9.17, 15) is 4.79 Å². The number of amidine groups is 1. The zero-order chi connectivity index (χ0) is 21.2. The third-order valence-electron chi connectivity index (χ3n) is 6.05. The first-order valence-corrected chi connectivity index (χ1v) is 11.6. The van der Waals surface area contributed by atoms with Gasteiger partial charge in [-0.1, -0.05) is 52.3 Å². The number of nitrogens with zero attached hydrogens (tertiary/aromatic N) is 4. The average molecular weight is 480 g/mol. The van der Waals surface area contributed by atoms with Gasteiger partial charge in [-0.05, 0) is 17.7 Å². The molecular formula is C24H26BrN5O. The van der Waals surface area contributed by atoms with Gasteiger partial charge < -0.3 is 14.8 Å². The van der Waals surface area contributed by atoms with Crippen LogP contribution in [0.3, 0.4) is 0 Å². The van der Waals surface area contributed by atoms with Gasteiger partial charge in [0.1, 0.15) is 5.84 Å². The van der Waals surface area contributed by atoms with E-state index in [0.29, 0.717) is 6.54 Å². The number of piperazine rings is 1. The molecule has 1 saturated heterocycles. The summed E-state index contributed by atoms with van der Waals surface area (Å²) < 4.78 is 3.14. The number of nitrogens with one attached hydrogen (secondary N) is 1. The van der Waals surface area contributed by atoms with Crippen LogP contribution in [0.15, 0.2) is 64.2 Å². The van der Waals surface area contributed by atoms with Crippen molar-refractivity contribution in [2.24, 2.45) is 4.99 Å². The minimum absolute atomic E-state index is 0.117. The molecule has 3 aromatic rings. The molecule has 2 aliphatic heterocycles. The molecular weight excluding hydrogens is 454 g/mol. The van der Waals surface area contributed by atoms with Crippen LogP contribution < -0.4 is 5.32 Å². The number of carbonyl (C=O) groups excluding carboxylic acids is 1. The molecule has 1 amide bonds. The summed E-state index contributed by atoms with van der Waals surface area (Å²) >= 11 is 3.58. The number of fused-ring (bicyclic) bond motifs is 1. The van der Waals surface area contributed by atoms with Crippen molar-refractivity contribution >= 4 is 38.6 Å². The second-order valence-electron chi connectivity index (χ2n) is 8.14. The number of amides is 1. The van der Waals surface area contributed by atoms with Gasteiger partial charge in [0.05, 0.1) is 24.2 Å². The van der Waals surface area contributed by atoms with Gasteiger partial charge in [0, 0.05) is 55.3 Å². The molecule has 6 nitrogen and oxygen atoms in total. The van der Waals surface area contributed by atoms with E-state index in [-0.39, 0.29) is 5.91 Å². The Labute approximate surface area is 190 Å². The number of aliphatic imine (C=N–C) groups is 1. The zero-order valence-electron chi connectivity index (χ0n) is 17.4. The molecule has 0 radical (unpaired) electrons. The highest BCUT2D eigenvalue weighted by atomic mass is 79.9. The first kappa shape index (κ1) is 20.3. The molecule has 31 heavy (non-hydrogen) atoms. The van der Waals surface area contributed by atoms with E-state index >= 15 is 0 Å². The Bertz CT molecular complexity index is 1120. The van der Waals surface area contributed by atoms with Crippen LogP contribution in [-0.4, -0.2) is 65.4 Å². The number of aromatic nitrogens is 1. The van der Waals surface area contributed by atoms with Crippen LogP contribution in [0, 0.1) is 0 Å². The van der Waals surface area contributed by atoms with Crippen LogP contribution in [0.2, 0.25) is 0 Å². The quantitative estimate of drug-likeness (QED) is 0.610. The smallest absolute Gasteiger partial charge is 0.256 e. The molecule has 0 aliphatic carbocycles. The van der Waals surface area contributed by atoms with Gasteiger partial charge in [0.15, 0.2) is 0 Å². The van der Waals surface area contributed by atoms with Crippen LogP contribution in [0.25, 0.3) is 10.9 Å². The summed E-state index contributed by atoms with van der Waals surface area (Å²) in [6, 6.07) is 16.7. The van der Waals surface area contributed by atoms with Gasteiger partial charge in [0.2, 0.25) is 0 Å². The lowest BCUT2D eigenvalue weighted by Gasteiger charge is -2.34. The molecule has 5 rings (SSSR count). The highest BCUT2D eigenvalue weighted by Gasteiger charge is 2.25. The van der Waals surface area contributed by atoms with Crippen molar-refractivity contribution in [2.45, 2.75) is 13.1 Å². The van der Waals surface area contributed by atoms with E-state index in [0.717, 1.165) is 72.6 Å². The lowest BCUT2D eigenvalue weighted by atomic mass is 10.1. The van der Waals surface area contributed by atoms with E-state index < -0.39 is 0 Å². The van der Waals surface area contributed by atoms with Crippen molar-refractivity contribution in [1.82, 2.24) is 19.7 Å². The monoisotopic (exact) mass is 479 g/mol. The van der Waals surface area contributed by atoms with E-state index in [1.54, 1.807) is 0 Å². The lowest BCUT2D eigenvalue weighted by molar-refractivity contribution is 0.0630. The Morgan fingerprint density at radius 3 is 2.58 bits per heavy atom. The average Bonchev–Trinajstić information content (AvgIpc) is 3.43. The van der Waals surface area contributed by atoms with Crippen molar-refractivity contribution in [1.29, 1.82) is 0 Å². The number of halogens is 1. The molecule has 1 N–H and O–H groups in total. The summed E-state index contributed by atoms with van der Waals surface area (Å²) in [4.78, 5) is 22.4. The standard InChI is InChI=1S/C24H26BrN5O/c25-19-6-7-20-21(16-30(22(20)14-19)17-23-26-8-9-27-23)24(31)29-12-10-28(11-13-29)15-18-4-2-1-3-5-18/h1-7,14,16H,8-13,15,17H2,(H,26,27). The molecule has 0 saturated carbocycles. The van der Waals surface area contributed by atoms with Gasteiger partial charge in [-0.3, -0.25) is 14.7 Å². The largest absolute Gasteiger partial charge is 0.370 e. The summed E-state index contributed by atoms with van der Waals surface area (Å²) in [6.07, 6.45) is 2.00. The minimum atomic E-state index is 0.117. The van der Waals surface area contributed by atoms with E-state index in [1.165, 1.54) is 5.56 Å². The van der Waals surface area contributed by atoms with Crippen molar-refractivity contribution < 1.29 is 4.79 Å². The molecule has 160 valence electrons. The molecule has 3 heterocycles. The van der Waals surface area contributed by atoms with Gasteiger partial charge in [-0.2, -0.15) is 0 Å². The maximum atomic E-state index is 13.5. The first-order valence-electron chi connectivity index (χ1n) is 10.8. The highest BCUT2D eigenvalue weighted by Crippen LogP contribution is 2.27. The SMILES string of the molecule is O=C(c1cn(CC2=NCCN2)c2cc(Br)ccc12)N1CCN(Cc2ccccc2)CC1. The predicted molar refractivity (Wildman–Crippen MR) is 128 cm³/mol. The topological polar surface area (TPSA) is 52.9 Å². The molecule has 2 aromatic carbocycles. The Kier molecular flexibility index (Phi) is 5.78. The first-order chi connectivity index (χ1) is 15.2. The fourth-order valence-corrected chi connectivity index (χ4v) is 4.75. The van der Waals surface area contributed by atoms with Gasteiger partial charge in [0.25, 0.3) is 5.91 Å². The molecule has 0 bridgehead atoms. The molecule has 7 heteroatoms. The number of hydrogen-bond donors (Lipinski definition) is 1. The van der Waals surface area contributed by atoms with Crippen molar-refractivity contribution in [3.63, 3.8) is 0 Å². The molecule has 0 atom stereocenters. The summed E-state index contributed by atoms with van der Waals surface area (Å²) in [7, 11) is 0. The van der Waals surface area contributed by atoms with Crippen LogP contribution in [-0.2, 0) is 13.1 Å². The predicted octanol–water partition coefficient (Wildman–Crippen LogP) is 3.36. The Morgan fingerprint density at radius 2 is 1.84 bits per heavy atom. The summed E-state index contributed by atoms with van der Waals surface area (Å²) in [5.41, 5.74) is 3.15. The second kappa shape index (κ2) is 8.85. The number of benzene rings is 2. The second-order valence-corrected chi connectivity index (χ2v) is 9.06. The van der Waals surface area contributed by atoms with Crippen molar-refractivity contribution in [2.75, 3.05) is 39.3 Å². The zero-order valence-corrected chi connectivity index (χ0v) is 19.0. The third-order valence-corrected chi connectivity index (χ3v) is 6.54. The lowest BCUT2D eigenvalue weighted by Crippen LogP contribution is -2.48. The van der Waals surface area contributed by atoms with Gasteiger partial charge >= 0.3 is 0 Å². The molecule has 0 unspecified atom stereocenters. The van der Waals surface area contributed by atoms with Crippen LogP contribution in [0.1, 0.15) is 15.9 Å². The van der Waals surface area contributed by atoms with Crippen LogP contribution in [0.5, 0.6) is 0 Å². The number of carbonyl (C=O) groups is 1. The normalized spacial score (nSPS) is 17.1. The molecule has 2 aliphatic rings. The van der Waals surface area contributed by atoms with Crippen LogP contribution >= 0.6 is 15.9 Å². The Hall–Kier alpha value is -2.64. The van der Waals surface area contributed by atoms with E-state index in [2.05, 4.69) is 66.0 Å². The minimum Gasteiger partial charge on any atom is -0.370 e. The summed E-state index contributed by atoms with van der Waals surface area (Å²) in [5, 5.41) is 4.33. The molecule has 0 spiro atoms. The summed E-state index contributed by atoms with van der Waals surface area (Å²) in [6.45, 7) is 6.59. The fraction of sp³-hybridized carbons (Fsp3) is 0.333. The van der Waals surface area contributed by atoms with E-state index in [4.69, 9.17) is 0 Å². The highest BCUT2D eigenvalue weighted by molar-refractivity contribution is 9.10. The third kappa shape index (κ3) is 4.38. The van der Waals surface area contributed by atoms with E-state index in [1.807, 2.05) is 29.3 Å². The van der Waals surface area contributed by atoms with Crippen molar-refractivity contribution in [3.05, 3.63) is 70.3 Å². The fourth-order valence-electron chi connectivity index (χ4n) is 4.40. The van der Waals surface area contributed by atoms with Crippen LogP contribution in [0.4, 0.5) is 0 Å². The van der Waals surface area contributed by atoms with Crippen molar-refractivity contribution in [3.8, 4) is 0 Å². The number of rotatable bonds is 5. The maximum absolute atomic E-state index is 13.5. The Balaban J connectivity index is 1.33. The summed E-state index contributed by atoms with van der Waals surface area (Å²) in [5.74, 6) is 1.09. The Morgan fingerprint density at radius 1 is 1.03 bits per heavy atom. The maximum Gasteiger partial charge on any atom is 0.256 e. The van der Waals surface area contributed by atoms with Gasteiger partial charge in [-0.15, -0.1) is 0 Å². The van der Waals surface area contributed by atoms with Gasteiger partial charge in [-0.25, -0.2) is 0 Å².